The van der Waals surface area contributed by atoms with E-state index >= 15 is 0 Å². The van der Waals surface area contributed by atoms with Crippen molar-refractivity contribution in [3.8, 4) is 5.75 Å². The first-order valence-electron chi connectivity index (χ1n) is 8.35. The summed E-state index contributed by atoms with van der Waals surface area (Å²) in [5.74, 6) is 0.973. The van der Waals surface area contributed by atoms with Crippen molar-refractivity contribution in [1.82, 2.24) is 4.90 Å². The molecule has 0 N–H and O–H groups in total. The number of Topliss-reactive ketones (excluding diaryl/α,β-unsaturated/α-hetero) is 1. The highest BCUT2D eigenvalue weighted by Crippen LogP contribution is 2.29. The first-order valence-corrected chi connectivity index (χ1v) is 8.35. The van der Waals surface area contributed by atoms with Crippen molar-refractivity contribution in [2.45, 2.75) is 12.8 Å². The zero-order valence-corrected chi connectivity index (χ0v) is 14.3. The van der Waals surface area contributed by atoms with E-state index in [1.807, 2.05) is 54.6 Å². The quantitative estimate of drug-likeness (QED) is 0.598. The van der Waals surface area contributed by atoms with Crippen LogP contribution in [0.5, 0.6) is 5.75 Å². The van der Waals surface area contributed by atoms with E-state index < -0.39 is 0 Å². The highest BCUT2D eigenvalue weighted by atomic mass is 16.5. The van der Waals surface area contributed by atoms with Gasteiger partial charge in [-0.3, -0.25) is 4.79 Å². The Labute approximate surface area is 143 Å². The molecule has 0 radical (unpaired) electrons. The highest BCUT2D eigenvalue weighted by Gasteiger charge is 2.24. The molecule has 0 atom stereocenters. The highest BCUT2D eigenvalue weighted by molar-refractivity contribution is 6.15. The number of benzene rings is 2. The summed E-state index contributed by atoms with van der Waals surface area (Å²) in [4.78, 5) is 14.7. The maximum absolute atomic E-state index is 12.5. The zero-order valence-electron chi connectivity index (χ0n) is 14.3. The van der Waals surface area contributed by atoms with E-state index in [-0.39, 0.29) is 5.78 Å². The predicted octanol–water partition coefficient (Wildman–Crippen LogP) is 3.84. The number of allylic oxidation sites excluding steroid dienone is 1. The van der Waals surface area contributed by atoms with Gasteiger partial charge >= 0.3 is 0 Å². The van der Waals surface area contributed by atoms with Gasteiger partial charge in [0.25, 0.3) is 0 Å². The van der Waals surface area contributed by atoms with E-state index in [1.54, 1.807) is 0 Å². The Hall–Kier alpha value is -2.39. The van der Waals surface area contributed by atoms with Crippen LogP contribution in [-0.2, 0) is 6.42 Å². The maximum Gasteiger partial charge on any atom is 0.189 e. The largest absolute Gasteiger partial charge is 0.493 e. The predicted molar refractivity (Wildman–Crippen MR) is 97.6 cm³/mol. The normalized spacial score (nSPS) is 15.1. The Morgan fingerprint density at radius 2 is 1.83 bits per heavy atom. The van der Waals surface area contributed by atoms with Gasteiger partial charge in [-0.05, 0) is 38.2 Å². The molecule has 0 aromatic heterocycles. The Morgan fingerprint density at radius 3 is 2.62 bits per heavy atom. The summed E-state index contributed by atoms with van der Waals surface area (Å²) >= 11 is 0. The minimum Gasteiger partial charge on any atom is -0.493 e. The number of hydrogen-bond donors (Lipinski definition) is 0. The molecule has 0 bridgehead atoms. The van der Waals surface area contributed by atoms with Crippen molar-refractivity contribution in [3.63, 3.8) is 0 Å². The molecule has 0 heterocycles. The van der Waals surface area contributed by atoms with Crippen LogP contribution in [0.3, 0.4) is 0 Å². The average Bonchev–Trinajstić information content (AvgIpc) is 2.89. The van der Waals surface area contributed by atoms with Gasteiger partial charge in [0.2, 0.25) is 0 Å². The summed E-state index contributed by atoms with van der Waals surface area (Å²) in [6.45, 7) is 1.67. The summed E-state index contributed by atoms with van der Waals surface area (Å²) in [5.41, 5.74) is 3.74. The van der Waals surface area contributed by atoms with Crippen molar-refractivity contribution in [2.24, 2.45) is 0 Å². The lowest BCUT2D eigenvalue weighted by Gasteiger charge is -2.12. The average molecular weight is 321 g/mol. The minimum absolute atomic E-state index is 0.132. The Morgan fingerprint density at radius 1 is 1.08 bits per heavy atom. The molecule has 0 fully saturated rings. The molecule has 1 aliphatic rings. The third kappa shape index (κ3) is 3.74. The van der Waals surface area contributed by atoms with E-state index in [9.17, 15) is 4.79 Å². The van der Waals surface area contributed by atoms with Crippen molar-refractivity contribution in [3.05, 3.63) is 70.8 Å². The number of ether oxygens (including phenoxy) is 1. The van der Waals surface area contributed by atoms with Crippen molar-refractivity contribution >= 4 is 11.9 Å². The number of carbonyl (C=O) groups is 1. The Balaban J connectivity index is 1.75. The maximum atomic E-state index is 12.5. The van der Waals surface area contributed by atoms with Crippen LogP contribution in [0.1, 0.15) is 27.9 Å². The van der Waals surface area contributed by atoms with Crippen molar-refractivity contribution in [2.75, 3.05) is 27.2 Å². The molecule has 1 aliphatic carbocycles. The summed E-state index contributed by atoms with van der Waals surface area (Å²) in [6.07, 6.45) is 3.65. The fraction of sp³-hybridized carbons (Fsp3) is 0.286. The van der Waals surface area contributed by atoms with Gasteiger partial charge in [-0.25, -0.2) is 0 Å². The third-order valence-electron chi connectivity index (χ3n) is 4.19. The molecule has 0 spiro atoms. The molecular formula is C21H23NO2. The molecule has 124 valence electrons. The lowest BCUT2D eigenvalue weighted by Crippen LogP contribution is -2.15. The summed E-state index contributed by atoms with van der Waals surface area (Å²) in [6, 6.07) is 15.7. The van der Waals surface area contributed by atoms with Gasteiger partial charge in [0.05, 0.1) is 6.61 Å². The fourth-order valence-electron chi connectivity index (χ4n) is 2.95. The Bertz CT molecular complexity index is 762. The van der Waals surface area contributed by atoms with Crippen LogP contribution in [0.15, 0.2) is 54.1 Å². The van der Waals surface area contributed by atoms with Gasteiger partial charge in [-0.1, -0.05) is 42.5 Å². The van der Waals surface area contributed by atoms with Crippen LogP contribution >= 0.6 is 0 Å². The zero-order chi connectivity index (χ0) is 16.9. The smallest absolute Gasteiger partial charge is 0.189 e. The lowest BCUT2D eigenvalue weighted by molar-refractivity contribution is 0.104. The van der Waals surface area contributed by atoms with Gasteiger partial charge in [0, 0.05) is 29.7 Å². The minimum atomic E-state index is 0.132. The number of para-hydroxylation sites is 1. The van der Waals surface area contributed by atoms with Gasteiger partial charge in [0.1, 0.15) is 5.75 Å². The molecule has 0 saturated carbocycles. The van der Waals surface area contributed by atoms with E-state index in [0.717, 1.165) is 41.0 Å². The van der Waals surface area contributed by atoms with E-state index in [1.165, 1.54) is 0 Å². The molecule has 3 rings (SSSR count). The molecule has 24 heavy (non-hydrogen) atoms. The number of hydrogen-bond acceptors (Lipinski definition) is 3. The van der Waals surface area contributed by atoms with E-state index in [4.69, 9.17) is 4.74 Å². The van der Waals surface area contributed by atoms with Gasteiger partial charge in [-0.2, -0.15) is 0 Å². The molecule has 2 aromatic carbocycles. The van der Waals surface area contributed by atoms with Gasteiger partial charge < -0.3 is 9.64 Å². The summed E-state index contributed by atoms with van der Waals surface area (Å²) in [7, 11) is 4.11. The molecule has 3 nitrogen and oxygen atoms in total. The second-order valence-electron chi connectivity index (χ2n) is 6.38. The molecular weight excluding hydrogens is 298 g/mol. The van der Waals surface area contributed by atoms with Gasteiger partial charge in [0.15, 0.2) is 5.78 Å². The number of carbonyl (C=O) groups excluding carboxylic acids is 1. The SMILES string of the molecule is CN(C)CCCOc1ccccc1/C=C1\Cc2ccccc2C1=O. The van der Waals surface area contributed by atoms with Gasteiger partial charge in [-0.15, -0.1) is 0 Å². The topological polar surface area (TPSA) is 29.5 Å². The second kappa shape index (κ2) is 7.45. The number of ketones is 1. The van der Waals surface area contributed by atoms with Crippen LogP contribution in [0.4, 0.5) is 0 Å². The van der Waals surface area contributed by atoms with Crippen LogP contribution in [-0.4, -0.2) is 37.9 Å². The monoisotopic (exact) mass is 321 g/mol. The summed E-state index contributed by atoms with van der Waals surface area (Å²) < 4.78 is 5.93. The van der Waals surface area contributed by atoms with E-state index in [0.29, 0.717) is 13.0 Å². The third-order valence-corrected chi connectivity index (χ3v) is 4.19. The van der Waals surface area contributed by atoms with Crippen molar-refractivity contribution in [1.29, 1.82) is 0 Å². The van der Waals surface area contributed by atoms with Crippen molar-refractivity contribution < 1.29 is 9.53 Å². The first-order chi connectivity index (χ1) is 11.6. The first kappa shape index (κ1) is 16.5. The van der Waals surface area contributed by atoms with Crippen LogP contribution in [0, 0.1) is 0 Å². The Kier molecular flexibility index (Phi) is 5.11. The lowest BCUT2D eigenvalue weighted by atomic mass is 10.1. The molecule has 0 amide bonds. The number of rotatable bonds is 6. The van der Waals surface area contributed by atoms with Crippen LogP contribution in [0.25, 0.3) is 6.08 Å². The molecule has 0 saturated heterocycles. The molecule has 3 heteroatoms. The fourth-order valence-corrected chi connectivity index (χ4v) is 2.95. The standard InChI is InChI=1S/C21H23NO2/c1-22(2)12-7-13-24-20-11-6-4-9-17(20)15-18-14-16-8-3-5-10-19(16)21(18)23/h3-6,8-11,15H,7,12-14H2,1-2H3/b18-15+. The van der Waals surface area contributed by atoms with E-state index in [2.05, 4.69) is 19.0 Å². The second-order valence-corrected chi connectivity index (χ2v) is 6.38. The molecule has 0 aliphatic heterocycles. The number of nitrogens with zero attached hydrogens (tertiary/aromatic N) is 1. The molecule has 2 aromatic rings. The summed E-state index contributed by atoms with van der Waals surface area (Å²) in [5, 5.41) is 0. The van der Waals surface area contributed by atoms with Crippen LogP contribution in [0.2, 0.25) is 0 Å². The molecule has 0 unspecified atom stereocenters. The number of fused-ring (bicyclic) bond motifs is 1. The van der Waals surface area contributed by atoms with Crippen LogP contribution < -0.4 is 4.74 Å².